The van der Waals surface area contributed by atoms with E-state index in [1.165, 1.54) is 0 Å². The van der Waals surface area contributed by atoms with Gasteiger partial charge in [0.25, 0.3) is 0 Å². The Labute approximate surface area is 134 Å². The summed E-state index contributed by atoms with van der Waals surface area (Å²) in [6, 6.07) is 5.76. The van der Waals surface area contributed by atoms with Gasteiger partial charge in [0.15, 0.2) is 9.84 Å². The second kappa shape index (κ2) is 7.58. The molecule has 0 aliphatic carbocycles. The molecule has 1 aliphatic rings. The molecule has 1 aromatic carbocycles. The molecule has 0 spiro atoms. The maximum atomic E-state index is 11.5. The summed E-state index contributed by atoms with van der Waals surface area (Å²) < 4.78 is 34.8. The van der Waals surface area contributed by atoms with Crippen LogP contribution in [-0.4, -0.2) is 46.3 Å². The van der Waals surface area contributed by atoms with Gasteiger partial charge in [0.1, 0.15) is 11.9 Å². The van der Waals surface area contributed by atoms with E-state index in [0.29, 0.717) is 19.6 Å². The van der Waals surface area contributed by atoms with Gasteiger partial charge in [0.05, 0.1) is 18.1 Å². The quantitative estimate of drug-likeness (QED) is 0.733. The number of methoxy groups -OCH3 is 1. The minimum atomic E-state index is -2.93. The molecule has 1 fully saturated rings. The average molecular weight is 378 g/mol. The summed E-state index contributed by atoms with van der Waals surface area (Å²) in [6.07, 6.45) is 0.323. The molecule has 0 aromatic heterocycles. The molecule has 5 nitrogen and oxygen atoms in total. The number of sulfone groups is 1. The van der Waals surface area contributed by atoms with E-state index in [4.69, 9.17) is 9.47 Å². The van der Waals surface area contributed by atoms with Crippen LogP contribution in [0.25, 0.3) is 0 Å². The van der Waals surface area contributed by atoms with E-state index in [1.54, 1.807) is 7.11 Å². The standard InChI is InChI=1S/C14H20BrNO4S/c1-19-6-5-16-9-11-8-12(15)2-3-14(11)20-13-4-7-21(17,18)10-13/h2-3,8,13,16H,4-7,9-10H2,1H3. The van der Waals surface area contributed by atoms with Crippen LogP contribution in [0.5, 0.6) is 5.75 Å². The van der Waals surface area contributed by atoms with Crippen molar-refractivity contribution in [1.29, 1.82) is 0 Å². The first-order chi connectivity index (χ1) is 10.00. The molecular formula is C14H20BrNO4S. The third kappa shape index (κ3) is 5.25. The third-order valence-electron chi connectivity index (χ3n) is 3.31. The molecule has 2 rings (SSSR count). The van der Waals surface area contributed by atoms with Gasteiger partial charge in [-0.3, -0.25) is 0 Å². The minimum absolute atomic E-state index is 0.111. The summed E-state index contributed by atoms with van der Waals surface area (Å²) in [5, 5.41) is 3.27. The van der Waals surface area contributed by atoms with Gasteiger partial charge in [0, 0.05) is 30.2 Å². The van der Waals surface area contributed by atoms with Gasteiger partial charge < -0.3 is 14.8 Å². The molecule has 0 saturated carbocycles. The number of rotatable bonds is 7. The first-order valence-corrected chi connectivity index (χ1v) is 9.47. The molecule has 21 heavy (non-hydrogen) atoms. The molecule has 0 bridgehead atoms. The predicted molar refractivity (Wildman–Crippen MR) is 85.4 cm³/mol. The normalized spacial score (nSPS) is 20.6. The second-order valence-electron chi connectivity index (χ2n) is 5.06. The van der Waals surface area contributed by atoms with E-state index in [2.05, 4.69) is 21.2 Å². The number of benzene rings is 1. The van der Waals surface area contributed by atoms with Gasteiger partial charge in [-0.05, 0) is 24.6 Å². The highest BCUT2D eigenvalue weighted by atomic mass is 79.9. The molecule has 0 amide bonds. The van der Waals surface area contributed by atoms with E-state index in [-0.39, 0.29) is 17.6 Å². The van der Waals surface area contributed by atoms with E-state index in [9.17, 15) is 8.42 Å². The first-order valence-electron chi connectivity index (χ1n) is 6.85. The Bertz CT molecular complexity index is 576. The van der Waals surface area contributed by atoms with Gasteiger partial charge >= 0.3 is 0 Å². The van der Waals surface area contributed by atoms with Crippen LogP contribution in [0, 0.1) is 0 Å². The number of ether oxygens (including phenoxy) is 2. The number of nitrogens with one attached hydrogen (secondary N) is 1. The van der Waals surface area contributed by atoms with Crippen LogP contribution < -0.4 is 10.1 Å². The molecular weight excluding hydrogens is 358 g/mol. The Kier molecular flexibility index (Phi) is 6.04. The first kappa shape index (κ1) is 16.7. The van der Waals surface area contributed by atoms with Crippen LogP contribution >= 0.6 is 15.9 Å². The molecule has 1 aliphatic heterocycles. The average Bonchev–Trinajstić information content (AvgIpc) is 2.77. The van der Waals surface area contributed by atoms with Crippen molar-refractivity contribution in [2.45, 2.75) is 19.1 Å². The Balaban J connectivity index is 2.01. The maximum absolute atomic E-state index is 11.5. The molecule has 118 valence electrons. The fourth-order valence-corrected chi connectivity index (χ4v) is 4.23. The van der Waals surface area contributed by atoms with Crippen LogP contribution in [0.15, 0.2) is 22.7 Å². The lowest BCUT2D eigenvalue weighted by Gasteiger charge is -2.16. The Morgan fingerprint density at radius 1 is 1.43 bits per heavy atom. The second-order valence-corrected chi connectivity index (χ2v) is 8.21. The summed E-state index contributed by atoms with van der Waals surface area (Å²) in [6.45, 7) is 2.04. The van der Waals surface area contributed by atoms with Gasteiger partial charge in [-0.2, -0.15) is 0 Å². The number of halogens is 1. The zero-order valence-corrected chi connectivity index (χ0v) is 14.4. The molecule has 1 N–H and O–H groups in total. The lowest BCUT2D eigenvalue weighted by Crippen LogP contribution is -2.21. The largest absolute Gasteiger partial charge is 0.489 e. The third-order valence-corrected chi connectivity index (χ3v) is 5.54. The minimum Gasteiger partial charge on any atom is -0.489 e. The topological polar surface area (TPSA) is 64.6 Å². The highest BCUT2D eigenvalue weighted by molar-refractivity contribution is 9.10. The van der Waals surface area contributed by atoms with Crippen molar-refractivity contribution in [3.8, 4) is 5.75 Å². The molecule has 1 saturated heterocycles. The lowest BCUT2D eigenvalue weighted by molar-refractivity contribution is 0.198. The van der Waals surface area contributed by atoms with Crippen molar-refractivity contribution in [1.82, 2.24) is 5.32 Å². The molecule has 1 heterocycles. The SMILES string of the molecule is COCCNCc1cc(Br)ccc1OC1CCS(=O)(=O)C1. The van der Waals surface area contributed by atoms with E-state index >= 15 is 0 Å². The lowest BCUT2D eigenvalue weighted by atomic mass is 10.2. The maximum Gasteiger partial charge on any atom is 0.154 e. The van der Waals surface area contributed by atoms with E-state index < -0.39 is 9.84 Å². The van der Waals surface area contributed by atoms with Crippen LogP contribution in [0.1, 0.15) is 12.0 Å². The van der Waals surface area contributed by atoms with Crippen molar-refractivity contribution in [2.24, 2.45) is 0 Å². The smallest absolute Gasteiger partial charge is 0.154 e. The predicted octanol–water partition coefficient (Wildman–Crippen LogP) is 1.75. The summed E-state index contributed by atoms with van der Waals surface area (Å²) >= 11 is 3.45. The van der Waals surface area contributed by atoms with Gasteiger partial charge in [0.2, 0.25) is 0 Å². The van der Waals surface area contributed by atoms with Crippen LogP contribution in [0.2, 0.25) is 0 Å². The van der Waals surface area contributed by atoms with Gasteiger partial charge in [-0.1, -0.05) is 15.9 Å². The summed E-state index contributed by atoms with van der Waals surface area (Å²) in [5.41, 5.74) is 1.00. The highest BCUT2D eigenvalue weighted by Crippen LogP contribution is 2.26. The molecule has 1 atom stereocenters. The van der Waals surface area contributed by atoms with E-state index in [0.717, 1.165) is 22.3 Å². The van der Waals surface area contributed by atoms with Crippen molar-refractivity contribution >= 4 is 25.8 Å². The van der Waals surface area contributed by atoms with Crippen LogP contribution in [0.3, 0.4) is 0 Å². The van der Waals surface area contributed by atoms with Crippen LogP contribution in [-0.2, 0) is 21.1 Å². The molecule has 0 radical (unpaired) electrons. The summed E-state index contributed by atoms with van der Waals surface area (Å²) in [4.78, 5) is 0. The van der Waals surface area contributed by atoms with Crippen molar-refractivity contribution in [3.05, 3.63) is 28.2 Å². The van der Waals surface area contributed by atoms with Crippen molar-refractivity contribution < 1.29 is 17.9 Å². The Hall–Kier alpha value is -0.630. The number of hydrogen-bond donors (Lipinski definition) is 1. The monoisotopic (exact) mass is 377 g/mol. The summed E-state index contributed by atoms with van der Waals surface area (Å²) in [7, 11) is -1.26. The van der Waals surface area contributed by atoms with E-state index in [1.807, 2.05) is 18.2 Å². The molecule has 7 heteroatoms. The number of hydrogen-bond acceptors (Lipinski definition) is 5. The van der Waals surface area contributed by atoms with Crippen LogP contribution in [0.4, 0.5) is 0 Å². The Morgan fingerprint density at radius 2 is 2.24 bits per heavy atom. The van der Waals surface area contributed by atoms with Gasteiger partial charge in [-0.25, -0.2) is 8.42 Å². The van der Waals surface area contributed by atoms with Crippen molar-refractivity contribution in [2.75, 3.05) is 31.8 Å². The summed E-state index contributed by atoms with van der Waals surface area (Å²) in [5.74, 6) is 1.07. The fraction of sp³-hybridized carbons (Fsp3) is 0.571. The Morgan fingerprint density at radius 3 is 2.90 bits per heavy atom. The molecule has 1 aromatic rings. The fourth-order valence-electron chi connectivity index (χ4n) is 2.23. The highest BCUT2D eigenvalue weighted by Gasteiger charge is 2.29. The van der Waals surface area contributed by atoms with Crippen molar-refractivity contribution in [3.63, 3.8) is 0 Å². The molecule has 1 unspecified atom stereocenters. The zero-order valence-electron chi connectivity index (χ0n) is 12.0. The zero-order chi connectivity index (χ0) is 15.3. The van der Waals surface area contributed by atoms with Gasteiger partial charge in [-0.15, -0.1) is 0 Å².